The van der Waals surface area contributed by atoms with Gasteiger partial charge in [-0.2, -0.15) is 4.79 Å². The van der Waals surface area contributed by atoms with Crippen LogP contribution >= 0.6 is 0 Å². The molecule has 5 fully saturated rings. The van der Waals surface area contributed by atoms with E-state index in [1.54, 1.807) is 6.92 Å². The van der Waals surface area contributed by atoms with Crippen molar-refractivity contribution >= 4 is 18.0 Å². The lowest BCUT2D eigenvalue weighted by Crippen LogP contribution is -2.67. The third kappa shape index (κ3) is 3.49. The second kappa shape index (κ2) is 8.88. The fraction of sp³-hybridized carbons (Fsp3) is 0.848. The van der Waals surface area contributed by atoms with Crippen LogP contribution in [0.25, 0.3) is 5.53 Å². The zero-order chi connectivity index (χ0) is 27.9. The zero-order valence-electron chi connectivity index (χ0n) is 24.9. The standard InChI is InChI=1S/C33H50N2O3/c1-20(2)22-11-16-33(26(37)19-35-34)18-17-31(7)23(28(22)33)9-10-25-30(6)14-13-27(38-21(3)36)29(4,5)24(30)12-15-32(25,31)8/h19,22-25,27-28H,1,9-18H2,2-8H3/t22-,23?,24?,25?,27-,28?,30-,31+,32+,33+/m0/s1. The molecule has 5 aliphatic carbocycles. The summed E-state index contributed by atoms with van der Waals surface area (Å²) in [5.41, 5.74) is 10.6. The van der Waals surface area contributed by atoms with E-state index in [0.717, 1.165) is 44.9 Å². The van der Waals surface area contributed by atoms with Gasteiger partial charge < -0.3 is 10.3 Å². The first-order chi connectivity index (χ1) is 17.7. The Balaban J connectivity index is 1.53. The van der Waals surface area contributed by atoms with E-state index in [4.69, 9.17) is 4.74 Å². The molecule has 5 nitrogen and oxygen atoms in total. The average molecular weight is 523 g/mol. The minimum absolute atomic E-state index is 0.00123. The van der Waals surface area contributed by atoms with E-state index >= 15 is 0 Å². The lowest BCUT2D eigenvalue weighted by Gasteiger charge is -2.72. The first-order valence-electron chi connectivity index (χ1n) is 15.2. The number of Topliss-reactive ketones (excluding diaryl/α,β-unsaturated/α-hetero) is 1. The van der Waals surface area contributed by atoms with E-state index in [1.807, 2.05) is 0 Å². The number of esters is 1. The molecule has 210 valence electrons. The molecule has 0 bridgehead atoms. The van der Waals surface area contributed by atoms with Gasteiger partial charge in [-0.15, -0.1) is 0 Å². The van der Waals surface area contributed by atoms with Crippen LogP contribution in [0, 0.1) is 56.7 Å². The molecule has 0 amide bonds. The molecule has 0 radical (unpaired) electrons. The van der Waals surface area contributed by atoms with Gasteiger partial charge in [0.05, 0.1) is 0 Å². The van der Waals surface area contributed by atoms with Gasteiger partial charge in [0, 0.05) is 17.8 Å². The molecule has 5 heteroatoms. The third-order valence-corrected chi connectivity index (χ3v) is 14.0. The minimum Gasteiger partial charge on any atom is -0.462 e. The molecular weight excluding hydrogens is 472 g/mol. The summed E-state index contributed by atoms with van der Waals surface area (Å²) >= 11 is 0. The normalized spacial score (nSPS) is 48.8. The highest BCUT2D eigenvalue weighted by Crippen LogP contribution is 2.77. The predicted molar refractivity (Wildman–Crippen MR) is 149 cm³/mol. The summed E-state index contributed by atoms with van der Waals surface area (Å²) in [7, 11) is 0. The van der Waals surface area contributed by atoms with Gasteiger partial charge in [0.25, 0.3) is 0 Å². The summed E-state index contributed by atoms with van der Waals surface area (Å²) in [5, 5.41) is 0. The number of ether oxygens (including phenoxy) is 1. The SMILES string of the molecule is C=C(C)[C@@H]1CC[C@]2(C(=O)C=[N+]=[N-])CC[C@]3(C)C(CCC4[C@@]5(C)CC[C@H](OC(C)=O)C(C)(C)C5CC[C@]43C)C12. The van der Waals surface area contributed by atoms with E-state index in [0.29, 0.717) is 23.7 Å². The molecule has 4 unspecified atom stereocenters. The van der Waals surface area contributed by atoms with E-state index in [1.165, 1.54) is 31.1 Å². The number of rotatable bonds is 4. The van der Waals surface area contributed by atoms with Crippen molar-refractivity contribution in [3.8, 4) is 0 Å². The van der Waals surface area contributed by atoms with Crippen molar-refractivity contribution in [3.63, 3.8) is 0 Å². The molecule has 0 aromatic rings. The van der Waals surface area contributed by atoms with Crippen LogP contribution in [0.2, 0.25) is 0 Å². The molecule has 10 atom stereocenters. The Morgan fingerprint density at radius 1 is 0.868 bits per heavy atom. The molecular formula is C33H50N2O3. The summed E-state index contributed by atoms with van der Waals surface area (Å²) in [4.78, 5) is 28.7. The molecule has 0 saturated heterocycles. The number of hydrogen-bond donors (Lipinski definition) is 0. The van der Waals surface area contributed by atoms with E-state index < -0.39 is 5.41 Å². The van der Waals surface area contributed by atoms with Gasteiger partial charge in [-0.05, 0) is 117 Å². The Hall–Kier alpha value is -1.74. The van der Waals surface area contributed by atoms with Crippen molar-refractivity contribution in [2.75, 3.05) is 0 Å². The number of hydrogen-bond acceptors (Lipinski definition) is 3. The van der Waals surface area contributed by atoms with Gasteiger partial charge in [-0.3, -0.25) is 9.59 Å². The Labute approximate surface area is 230 Å². The van der Waals surface area contributed by atoms with Crippen LogP contribution in [0.3, 0.4) is 0 Å². The predicted octanol–water partition coefficient (Wildman–Crippen LogP) is 7.45. The van der Waals surface area contributed by atoms with Crippen molar-refractivity contribution in [2.24, 2.45) is 56.7 Å². The van der Waals surface area contributed by atoms with Gasteiger partial charge in [0.2, 0.25) is 5.78 Å². The smallest absolute Gasteiger partial charge is 0.323 e. The Morgan fingerprint density at radius 2 is 1.58 bits per heavy atom. The minimum atomic E-state index is -0.408. The first-order valence-corrected chi connectivity index (χ1v) is 15.2. The van der Waals surface area contributed by atoms with Crippen molar-refractivity contribution in [1.29, 1.82) is 0 Å². The number of ketones is 1. The van der Waals surface area contributed by atoms with E-state index in [-0.39, 0.29) is 45.4 Å². The number of fused-ring (bicyclic) bond motifs is 7. The Kier molecular flexibility index (Phi) is 6.50. The van der Waals surface area contributed by atoms with Crippen LogP contribution in [0.5, 0.6) is 0 Å². The largest absolute Gasteiger partial charge is 0.462 e. The van der Waals surface area contributed by atoms with Crippen molar-refractivity contribution in [2.45, 2.75) is 119 Å². The van der Waals surface area contributed by atoms with Gasteiger partial charge in [0.1, 0.15) is 6.10 Å². The average Bonchev–Trinajstić information content (AvgIpc) is 3.23. The van der Waals surface area contributed by atoms with Crippen molar-refractivity contribution in [3.05, 3.63) is 17.7 Å². The zero-order valence-corrected chi connectivity index (χ0v) is 24.9. The van der Waals surface area contributed by atoms with Crippen LogP contribution in [0.15, 0.2) is 12.2 Å². The fourth-order valence-electron chi connectivity index (χ4n) is 12.1. The van der Waals surface area contributed by atoms with Crippen LogP contribution in [0.1, 0.15) is 113 Å². The van der Waals surface area contributed by atoms with E-state index in [2.05, 4.69) is 52.9 Å². The summed E-state index contributed by atoms with van der Waals surface area (Å²) in [6.07, 6.45) is 11.9. The Bertz CT molecular complexity index is 1090. The number of carbonyl (C=O) groups excluding carboxylic acids is 2. The fourth-order valence-corrected chi connectivity index (χ4v) is 12.1. The van der Waals surface area contributed by atoms with Crippen molar-refractivity contribution in [1.82, 2.24) is 0 Å². The highest BCUT2D eigenvalue weighted by atomic mass is 16.5. The molecule has 5 rings (SSSR count). The second-order valence-corrected chi connectivity index (χ2v) is 15.4. The van der Waals surface area contributed by atoms with Crippen molar-refractivity contribution < 1.29 is 19.1 Å². The number of allylic oxidation sites excluding steroid dienone is 1. The quantitative estimate of drug-likeness (QED) is 0.126. The lowest BCUT2D eigenvalue weighted by molar-refractivity contribution is -0.248. The van der Waals surface area contributed by atoms with Gasteiger partial charge in [0.15, 0.2) is 0 Å². The van der Waals surface area contributed by atoms with Crippen LogP contribution in [-0.4, -0.2) is 28.9 Å². The highest BCUT2D eigenvalue weighted by Gasteiger charge is 2.72. The lowest BCUT2D eigenvalue weighted by atomic mass is 9.32. The number of nitrogens with zero attached hydrogens (tertiary/aromatic N) is 2. The Morgan fingerprint density at radius 3 is 2.21 bits per heavy atom. The third-order valence-electron chi connectivity index (χ3n) is 14.0. The van der Waals surface area contributed by atoms with Gasteiger partial charge in [-0.25, -0.2) is 0 Å². The summed E-state index contributed by atoms with van der Waals surface area (Å²) in [6, 6.07) is 0. The van der Waals surface area contributed by atoms with Crippen LogP contribution in [0.4, 0.5) is 0 Å². The van der Waals surface area contributed by atoms with E-state index in [9.17, 15) is 15.1 Å². The maximum atomic E-state index is 13.6. The molecule has 0 aromatic heterocycles. The molecule has 0 N–H and O–H groups in total. The molecule has 5 saturated carbocycles. The summed E-state index contributed by atoms with van der Waals surface area (Å²) < 4.78 is 5.89. The maximum Gasteiger partial charge on any atom is 0.323 e. The van der Waals surface area contributed by atoms with Gasteiger partial charge >= 0.3 is 12.2 Å². The highest BCUT2D eigenvalue weighted by molar-refractivity contribution is 6.28. The van der Waals surface area contributed by atoms with Gasteiger partial charge in [-0.1, -0.05) is 46.8 Å². The second-order valence-electron chi connectivity index (χ2n) is 15.4. The molecule has 0 aliphatic heterocycles. The summed E-state index contributed by atoms with van der Waals surface area (Å²) in [5.74, 6) is 2.15. The topological polar surface area (TPSA) is 79.8 Å². The molecule has 38 heavy (non-hydrogen) atoms. The maximum absolute atomic E-state index is 13.6. The molecule has 0 heterocycles. The van der Waals surface area contributed by atoms with Crippen LogP contribution < -0.4 is 0 Å². The van der Waals surface area contributed by atoms with Crippen LogP contribution in [-0.2, 0) is 14.3 Å². The monoisotopic (exact) mass is 522 g/mol. The molecule has 0 aromatic carbocycles. The summed E-state index contributed by atoms with van der Waals surface area (Å²) in [6.45, 7) is 20.5. The first kappa shape index (κ1) is 27.8. The number of carbonyl (C=O) groups is 2. The molecule has 0 spiro atoms. The molecule has 5 aliphatic rings.